The Bertz CT molecular complexity index is 960. The van der Waals surface area contributed by atoms with Gasteiger partial charge in [0.2, 0.25) is 0 Å². The van der Waals surface area contributed by atoms with Gasteiger partial charge in [0.1, 0.15) is 12.2 Å². The molecule has 2 aliphatic rings. The molecule has 2 saturated heterocycles. The van der Waals surface area contributed by atoms with Crippen LogP contribution in [0.25, 0.3) is 0 Å². The monoisotopic (exact) mass is 767 g/mol. The Labute approximate surface area is 334 Å². The summed E-state index contributed by atoms with van der Waals surface area (Å²) in [6.07, 6.45) is 27.6. The number of piperidine rings is 2. The molecule has 2 rings (SSSR count). The maximum atomic E-state index is 12.4. The molecule has 2 heterocycles. The van der Waals surface area contributed by atoms with Crippen molar-refractivity contribution in [2.75, 3.05) is 13.2 Å². The summed E-state index contributed by atoms with van der Waals surface area (Å²) in [5, 5.41) is 4.33. The summed E-state index contributed by atoms with van der Waals surface area (Å²) >= 11 is 0. The second-order valence-corrected chi connectivity index (χ2v) is 19.1. The molecule has 0 unspecified atom stereocenters. The van der Waals surface area contributed by atoms with Gasteiger partial charge < -0.3 is 9.47 Å². The molecule has 0 aliphatic carbocycles. The summed E-state index contributed by atoms with van der Waals surface area (Å²) in [6, 6.07) is 0. The fourth-order valence-electron chi connectivity index (χ4n) is 8.99. The van der Waals surface area contributed by atoms with E-state index in [-0.39, 0.29) is 46.3 Å². The molecular weight excluding hydrogens is 677 g/mol. The van der Waals surface area contributed by atoms with E-state index in [1.54, 1.807) is 0 Å². The Hall–Kier alpha value is -1.22. The number of hydrogen-bond acceptors (Lipinski definition) is 8. The molecule has 8 heteroatoms. The highest BCUT2D eigenvalue weighted by atomic mass is 16.7. The maximum Gasteiger partial charge on any atom is 0.306 e. The molecule has 320 valence electrons. The van der Waals surface area contributed by atoms with Crippen molar-refractivity contribution in [3.05, 3.63) is 0 Å². The third-order valence-corrected chi connectivity index (χ3v) is 11.2. The van der Waals surface area contributed by atoms with Crippen LogP contribution in [-0.2, 0) is 28.7 Å². The Kier molecular flexibility index (Phi) is 25.1. The van der Waals surface area contributed by atoms with E-state index < -0.39 is 0 Å². The van der Waals surface area contributed by atoms with E-state index in [0.29, 0.717) is 6.42 Å². The number of ether oxygens (including phenoxy) is 2. The zero-order valence-corrected chi connectivity index (χ0v) is 37.9. The lowest BCUT2D eigenvalue weighted by molar-refractivity contribution is -0.293. The second kappa shape index (κ2) is 26.7. The van der Waals surface area contributed by atoms with Gasteiger partial charge in [0, 0.05) is 61.2 Å². The lowest BCUT2D eigenvalue weighted by Crippen LogP contribution is -2.62. The minimum Gasteiger partial charge on any atom is -0.462 e. The number of carbonyl (C=O) groups is 2. The summed E-state index contributed by atoms with van der Waals surface area (Å²) < 4.78 is 11.4. The van der Waals surface area contributed by atoms with Crippen LogP contribution in [0, 0.1) is 0 Å². The van der Waals surface area contributed by atoms with Gasteiger partial charge in [0.25, 0.3) is 0 Å². The molecular formula is C46H90N2O6. The maximum absolute atomic E-state index is 12.4. The van der Waals surface area contributed by atoms with Gasteiger partial charge in [-0.3, -0.25) is 19.3 Å². The fourth-order valence-corrected chi connectivity index (χ4v) is 8.99. The quantitative estimate of drug-likeness (QED) is 0.0636. The molecule has 0 saturated carbocycles. The van der Waals surface area contributed by atoms with Crippen molar-refractivity contribution >= 4 is 11.9 Å². The zero-order chi connectivity index (χ0) is 40.7. The van der Waals surface area contributed by atoms with E-state index in [4.69, 9.17) is 19.1 Å². The smallest absolute Gasteiger partial charge is 0.306 e. The molecule has 0 aromatic carbocycles. The minimum absolute atomic E-state index is 0.0176. The molecule has 2 aliphatic heterocycles. The first kappa shape index (κ1) is 50.8. The molecule has 54 heavy (non-hydrogen) atoms. The van der Waals surface area contributed by atoms with Crippen LogP contribution in [0.2, 0.25) is 0 Å². The van der Waals surface area contributed by atoms with E-state index in [1.165, 1.54) is 103 Å². The molecule has 0 aromatic rings. The van der Waals surface area contributed by atoms with Gasteiger partial charge in [-0.1, -0.05) is 124 Å². The molecule has 0 atom stereocenters. The first-order chi connectivity index (χ1) is 25.4. The van der Waals surface area contributed by atoms with E-state index in [2.05, 4.69) is 86.3 Å². The van der Waals surface area contributed by atoms with E-state index >= 15 is 0 Å². The van der Waals surface area contributed by atoms with Crippen LogP contribution in [0.1, 0.15) is 237 Å². The number of unbranched alkanes of at least 4 members (excludes halogenated alkanes) is 16. The first-order valence-corrected chi connectivity index (χ1v) is 22.6. The Morgan fingerprint density at radius 2 is 0.759 bits per heavy atom. The third kappa shape index (κ3) is 20.8. The second-order valence-electron chi connectivity index (χ2n) is 19.1. The molecule has 0 spiro atoms. The largest absolute Gasteiger partial charge is 0.462 e. The number of nitrogens with zero attached hydrogens (tertiary/aromatic N) is 2. The topological polar surface area (TPSA) is 77.5 Å². The van der Waals surface area contributed by atoms with Crippen molar-refractivity contribution in [3.63, 3.8) is 0 Å². The highest BCUT2D eigenvalue weighted by Crippen LogP contribution is 2.41. The summed E-state index contributed by atoms with van der Waals surface area (Å²) in [6.45, 7) is 27.3. The van der Waals surface area contributed by atoms with Gasteiger partial charge in [-0.05, 0) is 74.7 Å². The van der Waals surface area contributed by atoms with Crippen LogP contribution in [0.3, 0.4) is 0 Å². The number of hydroxylamine groups is 4. The fraction of sp³-hybridized carbons (Fsp3) is 0.957. The van der Waals surface area contributed by atoms with Crippen LogP contribution in [0.4, 0.5) is 0 Å². The molecule has 0 amide bonds. The van der Waals surface area contributed by atoms with Crippen molar-refractivity contribution in [3.8, 4) is 0 Å². The first-order valence-electron chi connectivity index (χ1n) is 22.6. The number of rotatable bonds is 26. The predicted molar refractivity (Wildman–Crippen MR) is 225 cm³/mol. The van der Waals surface area contributed by atoms with Crippen molar-refractivity contribution in [2.45, 2.75) is 272 Å². The van der Waals surface area contributed by atoms with E-state index in [0.717, 1.165) is 64.6 Å². The number of esters is 2. The van der Waals surface area contributed by atoms with Gasteiger partial charge in [0.05, 0.1) is 13.2 Å². The van der Waals surface area contributed by atoms with Gasteiger partial charge in [0.15, 0.2) is 0 Å². The SMILES string of the molecule is CCCCCCCCCC(=O)OC1CC(C)(C)N(OCCCCCCCC)C(C)(C)C1.CCCCCCCCON1C(C)(C)CC(OC(C)=O)CC1(C)C. The average molecular weight is 767 g/mol. The number of carbonyl (C=O) groups excluding carboxylic acids is 2. The van der Waals surface area contributed by atoms with E-state index in [9.17, 15) is 9.59 Å². The van der Waals surface area contributed by atoms with Crippen LogP contribution < -0.4 is 0 Å². The highest BCUT2D eigenvalue weighted by Gasteiger charge is 2.49. The molecule has 8 nitrogen and oxygen atoms in total. The Morgan fingerprint density at radius 1 is 0.463 bits per heavy atom. The molecule has 2 fully saturated rings. The van der Waals surface area contributed by atoms with Gasteiger partial charge in [-0.15, -0.1) is 0 Å². The zero-order valence-electron chi connectivity index (χ0n) is 37.9. The lowest BCUT2D eigenvalue weighted by atomic mass is 9.80. The summed E-state index contributed by atoms with van der Waals surface area (Å²) in [7, 11) is 0. The van der Waals surface area contributed by atoms with Crippen LogP contribution >= 0.6 is 0 Å². The van der Waals surface area contributed by atoms with Crippen LogP contribution in [-0.4, -0.2) is 69.6 Å². The summed E-state index contributed by atoms with van der Waals surface area (Å²) in [4.78, 5) is 36.1. The van der Waals surface area contributed by atoms with Crippen LogP contribution in [0.15, 0.2) is 0 Å². The van der Waals surface area contributed by atoms with Crippen molar-refractivity contribution < 1.29 is 28.7 Å². The van der Waals surface area contributed by atoms with E-state index in [1.807, 2.05) is 0 Å². The van der Waals surface area contributed by atoms with Gasteiger partial charge in [-0.25, -0.2) is 0 Å². The summed E-state index contributed by atoms with van der Waals surface area (Å²) in [5.41, 5.74) is -0.559. The van der Waals surface area contributed by atoms with Crippen molar-refractivity contribution in [1.82, 2.24) is 10.1 Å². The van der Waals surface area contributed by atoms with Crippen LogP contribution in [0.5, 0.6) is 0 Å². The predicted octanol–water partition coefficient (Wildman–Crippen LogP) is 12.8. The molecule has 0 N–H and O–H groups in total. The van der Waals surface area contributed by atoms with Gasteiger partial charge >= 0.3 is 11.9 Å². The molecule has 0 bridgehead atoms. The normalized spacial score (nSPS) is 19.9. The van der Waals surface area contributed by atoms with Crippen molar-refractivity contribution in [1.29, 1.82) is 0 Å². The van der Waals surface area contributed by atoms with Crippen molar-refractivity contribution in [2.24, 2.45) is 0 Å². The average Bonchev–Trinajstić information content (AvgIpc) is 3.04. The lowest BCUT2D eigenvalue weighted by Gasteiger charge is -2.53. The third-order valence-electron chi connectivity index (χ3n) is 11.2. The highest BCUT2D eigenvalue weighted by molar-refractivity contribution is 5.69. The minimum atomic E-state index is -0.192. The van der Waals surface area contributed by atoms with Gasteiger partial charge in [-0.2, -0.15) is 10.1 Å². The Balaban J connectivity index is 0.000000564. The molecule has 0 aromatic heterocycles. The number of hydrogen-bond donors (Lipinski definition) is 0. The Morgan fingerprint density at radius 3 is 1.09 bits per heavy atom. The standard InChI is InChI=1S/C27H53NO3.C19H37NO3/c1-7-9-11-13-15-16-18-20-25(29)31-24-22-26(3,4)28(27(5,6)23-24)30-21-19-17-14-12-10-8-2;1-7-8-9-10-11-12-13-22-20-18(3,4)14-17(23-16(2)21)15-19(20,5)6/h24H,7-23H2,1-6H3;17H,7-15H2,1-6H3. The molecule has 0 radical (unpaired) electrons. The summed E-state index contributed by atoms with van der Waals surface area (Å²) in [5.74, 6) is -0.213.